The minimum absolute atomic E-state index is 0.169. The number of nitrogens with zero attached hydrogens (tertiary/aromatic N) is 1. The number of nitrogens with one attached hydrogen (secondary N) is 1. The fraction of sp³-hybridized carbons (Fsp3) is 0.417. The SMILES string of the molecule is CNS(=O)(=O)c1ccc(N2CCSCC2C(=O)O)cc1. The van der Waals surface area contributed by atoms with Gasteiger partial charge in [-0.2, -0.15) is 11.8 Å². The van der Waals surface area contributed by atoms with E-state index in [2.05, 4.69) is 4.72 Å². The van der Waals surface area contributed by atoms with Crippen molar-refractivity contribution in [1.29, 1.82) is 0 Å². The Bertz CT molecular complexity index is 586. The van der Waals surface area contributed by atoms with Crippen molar-refractivity contribution >= 4 is 33.4 Å². The number of benzene rings is 1. The molecule has 1 aromatic carbocycles. The van der Waals surface area contributed by atoms with Crippen molar-refractivity contribution in [2.24, 2.45) is 0 Å². The van der Waals surface area contributed by atoms with Crippen molar-refractivity contribution in [3.05, 3.63) is 24.3 Å². The molecule has 1 aliphatic rings. The number of carboxylic acids is 1. The molecule has 1 fully saturated rings. The average Bonchev–Trinajstić information content (AvgIpc) is 2.47. The molecular weight excluding hydrogens is 300 g/mol. The van der Waals surface area contributed by atoms with Crippen LogP contribution in [0.4, 0.5) is 5.69 Å². The van der Waals surface area contributed by atoms with Crippen LogP contribution in [0, 0.1) is 0 Å². The summed E-state index contributed by atoms with van der Waals surface area (Å²) in [7, 11) is -2.11. The fourth-order valence-corrected chi connectivity index (χ4v) is 3.82. The van der Waals surface area contributed by atoms with Gasteiger partial charge in [0, 0.05) is 23.7 Å². The number of hydrogen-bond acceptors (Lipinski definition) is 5. The lowest BCUT2D eigenvalue weighted by molar-refractivity contribution is -0.138. The molecule has 1 aliphatic heterocycles. The summed E-state index contributed by atoms with van der Waals surface area (Å²) in [5.41, 5.74) is 0.729. The van der Waals surface area contributed by atoms with Gasteiger partial charge in [-0.05, 0) is 31.3 Å². The lowest BCUT2D eigenvalue weighted by Gasteiger charge is -2.34. The lowest BCUT2D eigenvalue weighted by Crippen LogP contribution is -2.47. The van der Waals surface area contributed by atoms with Crippen molar-refractivity contribution < 1.29 is 18.3 Å². The Kier molecular flexibility index (Phi) is 4.56. The molecular formula is C12H16N2O4S2. The van der Waals surface area contributed by atoms with Gasteiger partial charge in [-0.3, -0.25) is 0 Å². The first-order valence-electron chi connectivity index (χ1n) is 6.06. The van der Waals surface area contributed by atoms with Gasteiger partial charge in [0.2, 0.25) is 10.0 Å². The van der Waals surface area contributed by atoms with Crippen LogP contribution in [0.2, 0.25) is 0 Å². The molecule has 1 aromatic rings. The van der Waals surface area contributed by atoms with Crippen LogP contribution in [0.1, 0.15) is 0 Å². The predicted octanol–water partition coefficient (Wildman–Crippen LogP) is 0.601. The Labute approximate surface area is 122 Å². The van der Waals surface area contributed by atoms with Crippen LogP contribution in [-0.4, -0.2) is 50.6 Å². The summed E-state index contributed by atoms with van der Waals surface area (Å²) in [4.78, 5) is 13.2. The molecule has 110 valence electrons. The van der Waals surface area contributed by atoms with E-state index in [0.717, 1.165) is 11.4 Å². The molecule has 0 saturated carbocycles. The number of hydrogen-bond donors (Lipinski definition) is 2. The third-order valence-corrected chi connectivity index (χ3v) is 5.61. The van der Waals surface area contributed by atoms with Crippen molar-refractivity contribution in [1.82, 2.24) is 4.72 Å². The van der Waals surface area contributed by atoms with Crippen LogP contribution >= 0.6 is 11.8 Å². The molecule has 1 atom stereocenters. The van der Waals surface area contributed by atoms with E-state index in [9.17, 15) is 18.3 Å². The molecule has 0 amide bonds. The van der Waals surface area contributed by atoms with Gasteiger partial charge >= 0.3 is 5.97 Å². The standard InChI is InChI=1S/C12H16N2O4S2/c1-13-20(17,18)10-4-2-9(3-5-10)14-6-7-19-8-11(14)12(15)16/h2-5,11,13H,6-8H2,1H3,(H,15,16). The summed E-state index contributed by atoms with van der Waals surface area (Å²) in [6.07, 6.45) is 0. The van der Waals surface area contributed by atoms with E-state index in [4.69, 9.17) is 0 Å². The zero-order chi connectivity index (χ0) is 14.8. The molecule has 2 N–H and O–H groups in total. The molecule has 0 aliphatic carbocycles. The van der Waals surface area contributed by atoms with E-state index in [0.29, 0.717) is 12.3 Å². The van der Waals surface area contributed by atoms with E-state index in [1.807, 2.05) is 0 Å². The summed E-state index contributed by atoms with van der Waals surface area (Å²) in [5, 5.41) is 9.23. The molecule has 2 rings (SSSR count). The zero-order valence-corrected chi connectivity index (χ0v) is 12.6. The number of carboxylic acid groups (broad SMARTS) is 1. The van der Waals surface area contributed by atoms with Crippen LogP contribution in [0.3, 0.4) is 0 Å². The molecule has 20 heavy (non-hydrogen) atoms. The Morgan fingerprint density at radius 3 is 2.60 bits per heavy atom. The highest BCUT2D eigenvalue weighted by Gasteiger charge is 2.29. The Morgan fingerprint density at radius 1 is 1.40 bits per heavy atom. The molecule has 1 heterocycles. The van der Waals surface area contributed by atoms with Gasteiger partial charge in [0.05, 0.1) is 4.90 Å². The summed E-state index contributed by atoms with van der Waals surface area (Å²) in [6.45, 7) is 0.639. The van der Waals surface area contributed by atoms with Crippen molar-refractivity contribution in [2.45, 2.75) is 10.9 Å². The summed E-state index contributed by atoms with van der Waals surface area (Å²) in [5.74, 6) is 0.538. The highest BCUT2D eigenvalue weighted by molar-refractivity contribution is 7.99. The van der Waals surface area contributed by atoms with Gasteiger partial charge in [-0.25, -0.2) is 17.9 Å². The number of carbonyl (C=O) groups is 1. The maximum Gasteiger partial charge on any atom is 0.327 e. The normalized spacial score (nSPS) is 19.9. The van der Waals surface area contributed by atoms with Crippen molar-refractivity contribution in [3.63, 3.8) is 0 Å². The third kappa shape index (κ3) is 3.08. The van der Waals surface area contributed by atoms with Gasteiger partial charge in [-0.1, -0.05) is 0 Å². The Morgan fingerprint density at radius 2 is 2.05 bits per heavy atom. The summed E-state index contributed by atoms with van der Waals surface area (Å²) >= 11 is 1.61. The maximum atomic E-state index is 11.6. The van der Waals surface area contributed by atoms with Crippen LogP contribution in [0.15, 0.2) is 29.2 Å². The molecule has 1 unspecified atom stereocenters. The number of aliphatic carboxylic acids is 1. The highest BCUT2D eigenvalue weighted by atomic mass is 32.2. The van der Waals surface area contributed by atoms with Crippen molar-refractivity contribution in [2.75, 3.05) is 30.0 Å². The smallest absolute Gasteiger partial charge is 0.327 e. The number of sulfonamides is 1. The molecule has 8 heteroatoms. The molecule has 6 nitrogen and oxygen atoms in total. The molecule has 1 saturated heterocycles. The van der Waals surface area contributed by atoms with Gasteiger partial charge in [-0.15, -0.1) is 0 Å². The van der Waals surface area contributed by atoms with Crippen LogP contribution in [-0.2, 0) is 14.8 Å². The number of thioether (sulfide) groups is 1. The first-order chi connectivity index (χ1) is 9.45. The molecule has 0 aromatic heterocycles. The minimum atomic E-state index is -3.46. The molecule has 0 spiro atoms. The second-order valence-corrected chi connectivity index (χ2v) is 7.36. The zero-order valence-electron chi connectivity index (χ0n) is 10.9. The predicted molar refractivity (Wildman–Crippen MR) is 78.8 cm³/mol. The fourth-order valence-electron chi connectivity index (χ4n) is 2.05. The lowest BCUT2D eigenvalue weighted by atomic mass is 10.2. The highest BCUT2D eigenvalue weighted by Crippen LogP contribution is 2.25. The van der Waals surface area contributed by atoms with Gasteiger partial charge in [0.25, 0.3) is 0 Å². The first kappa shape index (κ1) is 15.1. The minimum Gasteiger partial charge on any atom is -0.480 e. The van der Waals surface area contributed by atoms with E-state index in [-0.39, 0.29) is 4.90 Å². The average molecular weight is 316 g/mol. The second kappa shape index (κ2) is 6.02. The van der Waals surface area contributed by atoms with Crippen LogP contribution < -0.4 is 9.62 Å². The van der Waals surface area contributed by atoms with E-state index < -0.39 is 22.0 Å². The van der Waals surface area contributed by atoms with Gasteiger partial charge < -0.3 is 10.0 Å². The molecule has 0 radical (unpaired) electrons. The molecule has 0 bridgehead atoms. The van der Waals surface area contributed by atoms with Crippen LogP contribution in [0.5, 0.6) is 0 Å². The van der Waals surface area contributed by atoms with Gasteiger partial charge in [0.1, 0.15) is 6.04 Å². The largest absolute Gasteiger partial charge is 0.480 e. The van der Waals surface area contributed by atoms with E-state index in [1.54, 1.807) is 28.8 Å². The van der Waals surface area contributed by atoms with Crippen LogP contribution in [0.25, 0.3) is 0 Å². The Hall–Kier alpha value is -1.25. The van der Waals surface area contributed by atoms with E-state index >= 15 is 0 Å². The topological polar surface area (TPSA) is 86.7 Å². The van der Waals surface area contributed by atoms with Gasteiger partial charge in [0.15, 0.2) is 0 Å². The Balaban J connectivity index is 2.27. The first-order valence-corrected chi connectivity index (χ1v) is 8.70. The maximum absolute atomic E-state index is 11.6. The monoisotopic (exact) mass is 316 g/mol. The number of rotatable bonds is 4. The van der Waals surface area contributed by atoms with Crippen molar-refractivity contribution in [3.8, 4) is 0 Å². The number of anilines is 1. The van der Waals surface area contributed by atoms with E-state index in [1.165, 1.54) is 19.2 Å². The second-order valence-electron chi connectivity index (χ2n) is 4.32. The third-order valence-electron chi connectivity index (χ3n) is 3.16. The quantitative estimate of drug-likeness (QED) is 0.846. The summed E-state index contributed by atoms with van der Waals surface area (Å²) < 4.78 is 25.5. The summed E-state index contributed by atoms with van der Waals surface area (Å²) in [6, 6.07) is 5.70.